The Labute approximate surface area is 82.6 Å². The SMILES string of the molecule is CC1(C)C(C=CCOC=O)C1C(=O)O. The van der Waals surface area contributed by atoms with E-state index in [0.29, 0.717) is 6.47 Å². The van der Waals surface area contributed by atoms with Crippen molar-refractivity contribution in [3.8, 4) is 0 Å². The first-order valence-corrected chi connectivity index (χ1v) is 4.46. The minimum atomic E-state index is -0.763. The van der Waals surface area contributed by atoms with Crippen LogP contribution in [0.1, 0.15) is 13.8 Å². The van der Waals surface area contributed by atoms with Crippen molar-refractivity contribution in [2.45, 2.75) is 13.8 Å². The summed E-state index contributed by atoms with van der Waals surface area (Å²) in [6.07, 6.45) is 3.49. The standard InChI is InChI=1S/C10H14O4/c1-10(2)7(8(10)9(12)13)4-3-5-14-6-11/h3-4,6-8H,5H2,1-2H3,(H,12,13). The summed E-state index contributed by atoms with van der Waals surface area (Å²) >= 11 is 0. The molecular weight excluding hydrogens is 184 g/mol. The molecule has 1 aliphatic rings. The lowest BCUT2D eigenvalue weighted by atomic mass is 10.1. The molecule has 2 unspecified atom stereocenters. The molecule has 78 valence electrons. The largest absolute Gasteiger partial charge is 0.481 e. The van der Waals surface area contributed by atoms with Crippen LogP contribution in [-0.4, -0.2) is 24.2 Å². The molecule has 0 aliphatic heterocycles. The van der Waals surface area contributed by atoms with Crippen LogP contribution in [0.5, 0.6) is 0 Å². The molecule has 0 heterocycles. The van der Waals surface area contributed by atoms with Crippen LogP contribution in [0.4, 0.5) is 0 Å². The molecule has 0 amide bonds. The first-order valence-electron chi connectivity index (χ1n) is 4.46. The molecule has 4 heteroatoms. The number of rotatable bonds is 5. The van der Waals surface area contributed by atoms with Crippen LogP contribution >= 0.6 is 0 Å². The Bertz CT molecular complexity index is 267. The summed E-state index contributed by atoms with van der Waals surface area (Å²) in [6, 6.07) is 0. The van der Waals surface area contributed by atoms with Crippen LogP contribution < -0.4 is 0 Å². The molecule has 0 saturated heterocycles. The molecule has 0 aromatic carbocycles. The van der Waals surface area contributed by atoms with E-state index in [2.05, 4.69) is 4.74 Å². The Morgan fingerprint density at radius 2 is 2.21 bits per heavy atom. The lowest BCUT2D eigenvalue weighted by Gasteiger charge is -1.96. The first kappa shape index (κ1) is 10.8. The van der Waals surface area contributed by atoms with Gasteiger partial charge in [0.05, 0.1) is 5.92 Å². The molecule has 0 bridgehead atoms. The third kappa shape index (κ3) is 1.95. The number of carboxylic acid groups (broad SMARTS) is 1. The number of aliphatic carboxylic acids is 1. The molecule has 0 aromatic rings. The van der Waals surface area contributed by atoms with Gasteiger partial charge >= 0.3 is 5.97 Å². The number of hydrogen-bond acceptors (Lipinski definition) is 3. The molecule has 14 heavy (non-hydrogen) atoms. The van der Waals surface area contributed by atoms with Gasteiger partial charge in [0.2, 0.25) is 0 Å². The van der Waals surface area contributed by atoms with Crippen LogP contribution in [0.3, 0.4) is 0 Å². The van der Waals surface area contributed by atoms with Gasteiger partial charge in [-0.3, -0.25) is 9.59 Å². The van der Waals surface area contributed by atoms with Crippen molar-refractivity contribution < 1.29 is 19.4 Å². The van der Waals surface area contributed by atoms with E-state index in [9.17, 15) is 9.59 Å². The fourth-order valence-electron chi connectivity index (χ4n) is 1.81. The van der Waals surface area contributed by atoms with Gasteiger partial charge in [0.25, 0.3) is 6.47 Å². The highest BCUT2D eigenvalue weighted by Gasteiger charge is 2.60. The Kier molecular flexibility index (Phi) is 2.93. The lowest BCUT2D eigenvalue weighted by molar-refractivity contribution is -0.139. The summed E-state index contributed by atoms with van der Waals surface area (Å²) in [5.74, 6) is -1.02. The molecule has 4 nitrogen and oxygen atoms in total. The fraction of sp³-hybridized carbons (Fsp3) is 0.600. The summed E-state index contributed by atoms with van der Waals surface area (Å²) in [5, 5.41) is 8.84. The predicted octanol–water partition coefficient (Wildman–Crippen LogP) is 1.07. The average Bonchev–Trinajstić information content (AvgIpc) is 2.62. The highest BCUT2D eigenvalue weighted by atomic mass is 16.5. The van der Waals surface area contributed by atoms with Crippen LogP contribution in [0, 0.1) is 17.3 Å². The second kappa shape index (κ2) is 3.82. The topological polar surface area (TPSA) is 63.6 Å². The molecule has 1 aliphatic carbocycles. The highest BCUT2D eigenvalue weighted by Crippen LogP contribution is 2.58. The van der Waals surface area contributed by atoms with E-state index in [1.165, 1.54) is 0 Å². The number of carboxylic acids is 1. The van der Waals surface area contributed by atoms with E-state index in [0.717, 1.165) is 0 Å². The van der Waals surface area contributed by atoms with Crippen molar-refractivity contribution in [3.05, 3.63) is 12.2 Å². The van der Waals surface area contributed by atoms with Gasteiger partial charge in [-0.2, -0.15) is 0 Å². The van der Waals surface area contributed by atoms with Gasteiger partial charge in [-0.05, 0) is 11.3 Å². The van der Waals surface area contributed by atoms with Crippen molar-refractivity contribution in [1.82, 2.24) is 0 Å². The molecule has 2 atom stereocenters. The number of carbonyl (C=O) groups is 2. The molecule has 1 fully saturated rings. The van der Waals surface area contributed by atoms with Gasteiger partial charge in [-0.1, -0.05) is 26.0 Å². The first-order chi connectivity index (χ1) is 6.51. The Morgan fingerprint density at radius 1 is 1.57 bits per heavy atom. The monoisotopic (exact) mass is 198 g/mol. The Balaban J connectivity index is 2.44. The van der Waals surface area contributed by atoms with E-state index >= 15 is 0 Å². The van der Waals surface area contributed by atoms with Crippen LogP contribution in [-0.2, 0) is 14.3 Å². The fourth-order valence-corrected chi connectivity index (χ4v) is 1.81. The zero-order valence-electron chi connectivity index (χ0n) is 8.27. The predicted molar refractivity (Wildman–Crippen MR) is 49.6 cm³/mol. The maximum Gasteiger partial charge on any atom is 0.307 e. The summed E-state index contributed by atoms with van der Waals surface area (Å²) in [7, 11) is 0. The van der Waals surface area contributed by atoms with Gasteiger partial charge in [-0.25, -0.2) is 0 Å². The smallest absolute Gasteiger partial charge is 0.307 e. The normalized spacial score (nSPS) is 28.7. The van der Waals surface area contributed by atoms with Crippen molar-refractivity contribution in [2.75, 3.05) is 6.61 Å². The minimum absolute atomic E-state index is 0.0512. The van der Waals surface area contributed by atoms with Crippen LogP contribution in [0.15, 0.2) is 12.2 Å². The van der Waals surface area contributed by atoms with Crippen molar-refractivity contribution in [2.24, 2.45) is 17.3 Å². The van der Waals surface area contributed by atoms with E-state index < -0.39 is 5.97 Å². The summed E-state index contributed by atoms with van der Waals surface area (Å²) in [5.41, 5.74) is -0.177. The van der Waals surface area contributed by atoms with Crippen molar-refractivity contribution >= 4 is 12.4 Å². The van der Waals surface area contributed by atoms with Crippen molar-refractivity contribution in [3.63, 3.8) is 0 Å². The van der Waals surface area contributed by atoms with Gasteiger partial charge in [0, 0.05) is 0 Å². The van der Waals surface area contributed by atoms with E-state index in [1.54, 1.807) is 6.08 Å². The second-order valence-electron chi connectivity index (χ2n) is 4.02. The number of carbonyl (C=O) groups excluding carboxylic acids is 1. The summed E-state index contributed by atoms with van der Waals surface area (Å²) < 4.78 is 4.46. The quantitative estimate of drug-likeness (QED) is 0.408. The molecule has 0 aromatic heterocycles. The van der Waals surface area contributed by atoms with E-state index in [4.69, 9.17) is 5.11 Å². The number of allylic oxidation sites excluding steroid dienone is 1. The number of hydrogen-bond donors (Lipinski definition) is 1. The molecule has 1 rings (SSSR count). The maximum absolute atomic E-state index is 10.8. The van der Waals surface area contributed by atoms with Crippen LogP contribution in [0.2, 0.25) is 0 Å². The van der Waals surface area contributed by atoms with Crippen LogP contribution in [0.25, 0.3) is 0 Å². The van der Waals surface area contributed by atoms with Gasteiger partial charge in [-0.15, -0.1) is 0 Å². The highest BCUT2D eigenvalue weighted by molar-refractivity contribution is 5.76. The Morgan fingerprint density at radius 3 is 2.64 bits per heavy atom. The van der Waals surface area contributed by atoms with Crippen molar-refractivity contribution in [1.29, 1.82) is 0 Å². The van der Waals surface area contributed by atoms with Gasteiger partial charge in [0.15, 0.2) is 0 Å². The minimum Gasteiger partial charge on any atom is -0.481 e. The molecule has 1 N–H and O–H groups in total. The summed E-state index contributed by atoms with van der Waals surface area (Å²) in [6.45, 7) is 4.42. The van der Waals surface area contributed by atoms with Gasteiger partial charge in [0.1, 0.15) is 6.61 Å². The summed E-state index contributed by atoms with van der Waals surface area (Å²) in [4.78, 5) is 20.6. The van der Waals surface area contributed by atoms with E-state index in [1.807, 2.05) is 19.9 Å². The molecule has 1 saturated carbocycles. The van der Waals surface area contributed by atoms with Gasteiger partial charge < -0.3 is 9.84 Å². The maximum atomic E-state index is 10.8. The Hall–Kier alpha value is -1.32. The third-order valence-corrected chi connectivity index (χ3v) is 2.78. The molecule has 0 spiro atoms. The zero-order chi connectivity index (χ0) is 10.8. The van der Waals surface area contributed by atoms with E-state index in [-0.39, 0.29) is 23.9 Å². The lowest BCUT2D eigenvalue weighted by Crippen LogP contribution is -2.02. The molecule has 0 radical (unpaired) electrons. The third-order valence-electron chi connectivity index (χ3n) is 2.78. The molecular formula is C10H14O4. The zero-order valence-corrected chi connectivity index (χ0v) is 8.27. The second-order valence-corrected chi connectivity index (χ2v) is 4.02. The average molecular weight is 198 g/mol. The number of ether oxygens (including phenoxy) is 1.